The third-order valence-electron chi connectivity index (χ3n) is 2.52. The van der Waals surface area contributed by atoms with Crippen molar-refractivity contribution in [2.45, 2.75) is 20.3 Å². The molecular weight excluding hydrogens is 242 g/mol. The molecule has 0 fully saturated rings. The molecule has 0 heterocycles. The molecule has 1 amide bonds. The number of carboxylic acid groups (broad SMARTS) is 1. The molecule has 0 aromatic heterocycles. The molecule has 1 N–H and O–H groups in total. The van der Waals surface area contributed by atoms with E-state index >= 15 is 0 Å². The molecular formula is C12H13ClNO3-. The predicted molar refractivity (Wildman–Crippen MR) is 63.9 cm³/mol. The maximum absolute atomic E-state index is 11.6. The van der Waals surface area contributed by atoms with E-state index in [1.807, 2.05) is 6.92 Å². The molecule has 0 aliphatic rings. The number of amides is 1. The Labute approximate surface area is 105 Å². The fourth-order valence-electron chi connectivity index (χ4n) is 1.24. The quantitative estimate of drug-likeness (QED) is 0.889. The third-order valence-corrected chi connectivity index (χ3v) is 2.75. The number of carbonyl (C=O) groups excluding carboxylic acids is 2. The number of halogens is 1. The van der Waals surface area contributed by atoms with Gasteiger partial charge in [0.1, 0.15) is 0 Å². The van der Waals surface area contributed by atoms with Gasteiger partial charge in [-0.1, -0.05) is 25.4 Å². The van der Waals surface area contributed by atoms with E-state index in [0.717, 1.165) is 0 Å². The van der Waals surface area contributed by atoms with Crippen molar-refractivity contribution < 1.29 is 14.7 Å². The Morgan fingerprint density at radius 1 is 1.47 bits per heavy atom. The number of hydrogen-bond acceptors (Lipinski definition) is 3. The van der Waals surface area contributed by atoms with E-state index in [1.165, 1.54) is 18.2 Å². The molecule has 92 valence electrons. The standard InChI is InChI=1S/C12H14ClNO3/c1-3-7(2)11(15)14-10-5-4-8(13)6-9(10)12(16)17/h4-7H,3H2,1-2H3,(H,14,15)(H,16,17)/p-1/t7-/m1/s1. The Hall–Kier alpha value is -1.55. The first-order valence-corrected chi connectivity index (χ1v) is 5.65. The molecule has 0 saturated carbocycles. The van der Waals surface area contributed by atoms with Crippen molar-refractivity contribution in [1.29, 1.82) is 0 Å². The van der Waals surface area contributed by atoms with Gasteiger partial charge in [-0.05, 0) is 24.6 Å². The van der Waals surface area contributed by atoms with E-state index in [9.17, 15) is 14.7 Å². The van der Waals surface area contributed by atoms with Crippen molar-refractivity contribution in [3.8, 4) is 0 Å². The second-order valence-corrected chi connectivity index (χ2v) is 4.21. The van der Waals surface area contributed by atoms with Crippen LogP contribution in [0.1, 0.15) is 30.6 Å². The van der Waals surface area contributed by atoms with E-state index in [1.54, 1.807) is 6.92 Å². The lowest BCUT2D eigenvalue weighted by molar-refractivity contribution is -0.254. The van der Waals surface area contributed by atoms with Crippen LogP contribution in [-0.2, 0) is 4.79 Å². The molecule has 4 nitrogen and oxygen atoms in total. The molecule has 1 aromatic carbocycles. The normalized spacial score (nSPS) is 11.9. The zero-order valence-corrected chi connectivity index (χ0v) is 10.4. The van der Waals surface area contributed by atoms with E-state index in [0.29, 0.717) is 6.42 Å². The summed E-state index contributed by atoms with van der Waals surface area (Å²) in [6.07, 6.45) is 0.681. The average molecular weight is 255 g/mol. The van der Waals surface area contributed by atoms with Crippen LogP contribution in [0.15, 0.2) is 18.2 Å². The first-order valence-electron chi connectivity index (χ1n) is 5.27. The fraction of sp³-hybridized carbons (Fsp3) is 0.333. The van der Waals surface area contributed by atoms with Crippen molar-refractivity contribution in [3.05, 3.63) is 28.8 Å². The molecule has 0 aliphatic carbocycles. The van der Waals surface area contributed by atoms with Crippen molar-refractivity contribution in [3.63, 3.8) is 0 Å². The summed E-state index contributed by atoms with van der Waals surface area (Å²) < 4.78 is 0. The van der Waals surface area contributed by atoms with Gasteiger partial charge in [0.25, 0.3) is 0 Å². The number of nitrogens with one attached hydrogen (secondary N) is 1. The highest BCUT2D eigenvalue weighted by molar-refractivity contribution is 6.31. The van der Waals surface area contributed by atoms with Gasteiger partial charge in [0.05, 0.1) is 5.97 Å². The number of carbonyl (C=O) groups is 2. The Balaban J connectivity index is 2.98. The van der Waals surface area contributed by atoms with Crippen LogP contribution in [0.4, 0.5) is 5.69 Å². The Kier molecular flexibility index (Phi) is 4.52. The summed E-state index contributed by atoms with van der Waals surface area (Å²) in [5.74, 6) is -1.77. The van der Waals surface area contributed by atoms with Gasteiger partial charge < -0.3 is 15.2 Å². The summed E-state index contributed by atoms with van der Waals surface area (Å²) in [5.41, 5.74) is 0.0915. The zero-order valence-electron chi connectivity index (χ0n) is 9.62. The van der Waals surface area contributed by atoms with Gasteiger partial charge in [-0.15, -0.1) is 0 Å². The SMILES string of the molecule is CC[C@@H](C)C(=O)Nc1ccc(Cl)cc1C(=O)[O-]. The van der Waals surface area contributed by atoms with Crippen LogP contribution in [-0.4, -0.2) is 11.9 Å². The van der Waals surface area contributed by atoms with Crippen LogP contribution >= 0.6 is 11.6 Å². The van der Waals surface area contributed by atoms with Gasteiger partial charge in [0.2, 0.25) is 5.91 Å². The number of anilines is 1. The number of carboxylic acids is 1. The largest absolute Gasteiger partial charge is 0.545 e. The number of aromatic carboxylic acids is 1. The molecule has 1 rings (SSSR count). The summed E-state index contributed by atoms with van der Waals surface area (Å²) in [6.45, 7) is 3.65. The molecule has 0 aliphatic heterocycles. The van der Waals surface area contributed by atoms with Gasteiger partial charge in [0.15, 0.2) is 0 Å². The molecule has 1 aromatic rings. The second kappa shape index (κ2) is 5.68. The average Bonchev–Trinajstić information content (AvgIpc) is 2.29. The highest BCUT2D eigenvalue weighted by atomic mass is 35.5. The number of benzene rings is 1. The van der Waals surface area contributed by atoms with Crippen LogP contribution in [0.25, 0.3) is 0 Å². The van der Waals surface area contributed by atoms with Crippen molar-refractivity contribution in [2.75, 3.05) is 5.32 Å². The van der Waals surface area contributed by atoms with Gasteiger partial charge in [-0.25, -0.2) is 0 Å². The Morgan fingerprint density at radius 2 is 2.12 bits per heavy atom. The van der Waals surface area contributed by atoms with Crippen LogP contribution in [0.2, 0.25) is 5.02 Å². The summed E-state index contributed by atoms with van der Waals surface area (Å²) in [7, 11) is 0. The highest BCUT2D eigenvalue weighted by Crippen LogP contribution is 2.21. The molecule has 0 radical (unpaired) electrons. The van der Waals surface area contributed by atoms with Gasteiger partial charge in [-0.3, -0.25) is 4.79 Å². The van der Waals surface area contributed by atoms with Gasteiger partial charge in [0, 0.05) is 22.2 Å². The molecule has 0 unspecified atom stereocenters. The maximum Gasteiger partial charge on any atom is 0.227 e. The lowest BCUT2D eigenvalue weighted by Crippen LogP contribution is -2.26. The van der Waals surface area contributed by atoms with Crippen molar-refractivity contribution >= 4 is 29.2 Å². The lowest BCUT2D eigenvalue weighted by atomic mass is 10.1. The first-order chi connectivity index (χ1) is 7.95. The van der Waals surface area contributed by atoms with Gasteiger partial charge >= 0.3 is 0 Å². The molecule has 0 spiro atoms. The van der Waals surface area contributed by atoms with Crippen molar-refractivity contribution in [1.82, 2.24) is 0 Å². The first kappa shape index (κ1) is 13.5. The summed E-state index contributed by atoms with van der Waals surface area (Å²) in [4.78, 5) is 22.5. The molecule has 0 saturated heterocycles. The molecule has 1 atom stereocenters. The van der Waals surface area contributed by atoms with Crippen LogP contribution in [0.5, 0.6) is 0 Å². The molecule has 17 heavy (non-hydrogen) atoms. The predicted octanol–water partition coefficient (Wildman–Crippen LogP) is 1.69. The summed E-state index contributed by atoms with van der Waals surface area (Å²) in [5, 5.41) is 13.7. The minimum absolute atomic E-state index is 0.117. The monoisotopic (exact) mass is 254 g/mol. The van der Waals surface area contributed by atoms with Crippen LogP contribution in [0, 0.1) is 5.92 Å². The topological polar surface area (TPSA) is 69.2 Å². The second-order valence-electron chi connectivity index (χ2n) is 3.78. The lowest BCUT2D eigenvalue weighted by Gasteiger charge is -2.14. The maximum atomic E-state index is 11.6. The smallest absolute Gasteiger partial charge is 0.227 e. The number of hydrogen-bond donors (Lipinski definition) is 1. The summed E-state index contributed by atoms with van der Waals surface area (Å²) >= 11 is 5.68. The zero-order chi connectivity index (χ0) is 13.0. The highest BCUT2D eigenvalue weighted by Gasteiger charge is 2.13. The van der Waals surface area contributed by atoms with Crippen LogP contribution in [0.3, 0.4) is 0 Å². The molecule has 5 heteroatoms. The minimum atomic E-state index is -1.37. The van der Waals surface area contributed by atoms with E-state index < -0.39 is 5.97 Å². The van der Waals surface area contributed by atoms with E-state index in [-0.39, 0.29) is 28.1 Å². The van der Waals surface area contributed by atoms with E-state index in [2.05, 4.69) is 5.32 Å². The van der Waals surface area contributed by atoms with Gasteiger partial charge in [-0.2, -0.15) is 0 Å². The number of rotatable bonds is 4. The van der Waals surface area contributed by atoms with E-state index in [4.69, 9.17) is 11.6 Å². The van der Waals surface area contributed by atoms with Crippen molar-refractivity contribution in [2.24, 2.45) is 5.92 Å². The minimum Gasteiger partial charge on any atom is -0.545 e. The Morgan fingerprint density at radius 3 is 2.65 bits per heavy atom. The van der Waals surface area contributed by atoms with Crippen LogP contribution < -0.4 is 10.4 Å². The summed E-state index contributed by atoms with van der Waals surface area (Å²) in [6, 6.07) is 4.22. The Bertz CT molecular complexity index is 445. The third kappa shape index (κ3) is 3.46. The molecule has 0 bridgehead atoms. The fourth-order valence-corrected chi connectivity index (χ4v) is 1.41.